The molecule has 1 amide bonds. The van der Waals surface area contributed by atoms with Gasteiger partial charge >= 0.3 is 0 Å². The normalized spacial score (nSPS) is 11.1. The van der Waals surface area contributed by atoms with E-state index in [-0.39, 0.29) is 5.91 Å². The second kappa shape index (κ2) is 7.98. The lowest BCUT2D eigenvalue weighted by Crippen LogP contribution is -2.22. The summed E-state index contributed by atoms with van der Waals surface area (Å²) < 4.78 is 6.30. The van der Waals surface area contributed by atoms with E-state index in [1.165, 1.54) is 18.5 Å². The number of carbonyl (C=O) groups is 1. The molecule has 0 spiro atoms. The molecule has 0 aliphatic carbocycles. The quantitative estimate of drug-likeness (QED) is 0.315. The lowest BCUT2D eigenvalue weighted by Gasteiger charge is -2.09. The molecule has 28 heavy (non-hydrogen) atoms. The molecular formula is C17H18N8OS2. The van der Waals surface area contributed by atoms with Gasteiger partial charge in [-0.25, -0.2) is 9.97 Å². The maximum Gasteiger partial charge on any atom is 0.216 e. The third-order valence-electron chi connectivity index (χ3n) is 3.86. The van der Waals surface area contributed by atoms with Gasteiger partial charge in [0.25, 0.3) is 0 Å². The molecule has 0 radical (unpaired) electrons. The number of thioether (sulfide) groups is 1. The molecule has 0 bridgehead atoms. The van der Waals surface area contributed by atoms with Crippen LogP contribution in [0.5, 0.6) is 0 Å². The fraction of sp³-hybridized carbons (Fsp3) is 0.235. The van der Waals surface area contributed by atoms with E-state index in [0.717, 1.165) is 27.0 Å². The van der Waals surface area contributed by atoms with E-state index in [0.29, 0.717) is 23.8 Å². The van der Waals surface area contributed by atoms with E-state index >= 15 is 0 Å². The summed E-state index contributed by atoms with van der Waals surface area (Å²) >= 11 is 2.95. The topological polar surface area (TPSA) is 113 Å². The molecule has 4 aromatic heterocycles. The summed E-state index contributed by atoms with van der Waals surface area (Å²) in [4.78, 5) is 20.3. The molecule has 0 aromatic carbocycles. The Morgan fingerprint density at radius 2 is 2.29 bits per heavy atom. The number of nitrogens with zero attached hydrogens (tertiary/aromatic N) is 5. The van der Waals surface area contributed by atoms with Crippen LogP contribution in [0.1, 0.15) is 12.6 Å². The number of aryl methyl sites for hydroxylation is 1. The largest absolute Gasteiger partial charge is 0.356 e. The minimum atomic E-state index is -0.0382. The standard InChI is InChI=1S/C17H18N8OS2/c1-10-5-14(28-24-10)22-16-17-19-8-13(12-6-20-21-7-12)25(17)9-15(23-16)27-4-3-18-11(2)26/h5-9H,3-4H2,1-2H3,(H,18,26)(H,20,21)(H,22,23). The number of amides is 1. The number of rotatable bonds is 7. The first kappa shape index (κ1) is 18.4. The highest BCUT2D eigenvalue weighted by atomic mass is 32.2. The second-order valence-corrected chi connectivity index (χ2v) is 7.96. The summed E-state index contributed by atoms with van der Waals surface area (Å²) in [5.41, 5.74) is 3.52. The minimum Gasteiger partial charge on any atom is -0.356 e. The molecule has 0 saturated heterocycles. The van der Waals surface area contributed by atoms with Crippen molar-refractivity contribution in [2.24, 2.45) is 0 Å². The van der Waals surface area contributed by atoms with E-state index in [4.69, 9.17) is 4.98 Å². The molecule has 0 unspecified atom stereocenters. The summed E-state index contributed by atoms with van der Waals surface area (Å²) in [5.74, 6) is 1.33. The van der Waals surface area contributed by atoms with Crippen molar-refractivity contribution in [3.63, 3.8) is 0 Å². The molecule has 4 rings (SSSR count). The van der Waals surface area contributed by atoms with Crippen molar-refractivity contribution in [1.29, 1.82) is 0 Å². The number of hydrogen-bond acceptors (Lipinski definition) is 8. The van der Waals surface area contributed by atoms with Crippen molar-refractivity contribution in [3.8, 4) is 11.3 Å². The van der Waals surface area contributed by atoms with E-state index in [1.807, 2.05) is 29.8 Å². The van der Waals surface area contributed by atoms with Gasteiger partial charge < -0.3 is 10.6 Å². The van der Waals surface area contributed by atoms with Crippen LogP contribution in [-0.4, -0.2) is 47.1 Å². The summed E-state index contributed by atoms with van der Waals surface area (Å²) in [6, 6.07) is 1.97. The van der Waals surface area contributed by atoms with Crippen molar-refractivity contribution in [2.45, 2.75) is 18.9 Å². The van der Waals surface area contributed by atoms with Gasteiger partial charge in [-0.1, -0.05) is 0 Å². The predicted molar refractivity (Wildman–Crippen MR) is 110 cm³/mol. The van der Waals surface area contributed by atoms with Gasteiger partial charge in [-0.2, -0.15) is 9.47 Å². The summed E-state index contributed by atoms with van der Waals surface area (Å²) in [5, 5.41) is 14.7. The zero-order chi connectivity index (χ0) is 19.5. The molecule has 4 aromatic rings. The number of aromatic nitrogens is 6. The number of carbonyl (C=O) groups excluding carboxylic acids is 1. The smallest absolute Gasteiger partial charge is 0.216 e. The molecule has 3 N–H and O–H groups in total. The number of fused-ring (bicyclic) bond motifs is 1. The highest BCUT2D eigenvalue weighted by molar-refractivity contribution is 7.99. The van der Waals surface area contributed by atoms with Crippen molar-refractivity contribution in [1.82, 2.24) is 34.3 Å². The third kappa shape index (κ3) is 3.99. The Balaban J connectivity index is 1.69. The minimum absolute atomic E-state index is 0.0382. The van der Waals surface area contributed by atoms with Gasteiger partial charge in [0.15, 0.2) is 11.5 Å². The van der Waals surface area contributed by atoms with Crippen LogP contribution < -0.4 is 10.6 Å². The van der Waals surface area contributed by atoms with E-state index < -0.39 is 0 Å². The molecule has 4 heterocycles. The SMILES string of the molecule is CC(=O)NCCSc1cn2c(-c3cn[nH]c3)cnc2c(Nc2cc(C)ns2)n1. The Labute approximate surface area is 169 Å². The van der Waals surface area contributed by atoms with Gasteiger partial charge in [-0.05, 0) is 24.5 Å². The number of anilines is 2. The van der Waals surface area contributed by atoms with Gasteiger partial charge in [-0.15, -0.1) is 11.8 Å². The number of hydrogen-bond donors (Lipinski definition) is 3. The van der Waals surface area contributed by atoms with Crippen molar-refractivity contribution < 1.29 is 4.79 Å². The van der Waals surface area contributed by atoms with Crippen molar-refractivity contribution in [3.05, 3.63) is 36.5 Å². The maximum absolute atomic E-state index is 11.1. The number of aromatic amines is 1. The first-order chi connectivity index (χ1) is 13.6. The van der Waals surface area contributed by atoms with Crippen LogP contribution in [0, 0.1) is 6.92 Å². The van der Waals surface area contributed by atoms with Crippen LogP contribution >= 0.6 is 23.3 Å². The van der Waals surface area contributed by atoms with Gasteiger partial charge in [-0.3, -0.25) is 14.3 Å². The Kier molecular flexibility index (Phi) is 5.26. The van der Waals surface area contributed by atoms with Crippen LogP contribution in [0.2, 0.25) is 0 Å². The van der Waals surface area contributed by atoms with E-state index in [2.05, 4.69) is 30.2 Å². The maximum atomic E-state index is 11.1. The van der Waals surface area contributed by atoms with Crippen LogP contribution in [-0.2, 0) is 4.79 Å². The van der Waals surface area contributed by atoms with E-state index in [1.54, 1.807) is 24.2 Å². The highest BCUT2D eigenvalue weighted by Crippen LogP contribution is 2.29. The Hall–Kier alpha value is -2.92. The lowest BCUT2D eigenvalue weighted by atomic mass is 10.3. The summed E-state index contributed by atoms with van der Waals surface area (Å²) in [6.45, 7) is 4.04. The molecule has 144 valence electrons. The summed E-state index contributed by atoms with van der Waals surface area (Å²) in [6.07, 6.45) is 7.34. The molecule has 9 nitrogen and oxygen atoms in total. The van der Waals surface area contributed by atoms with Gasteiger partial charge in [0, 0.05) is 37.2 Å². The zero-order valence-corrected chi connectivity index (χ0v) is 16.9. The van der Waals surface area contributed by atoms with Crippen molar-refractivity contribution in [2.75, 3.05) is 17.6 Å². The average Bonchev–Trinajstić information content (AvgIpc) is 3.39. The lowest BCUT2D eigenvalue weighted by molar-refractivity contribution is -0.118. The first-order valence-electron chi connectivity index (χ1n) is 8.55. The van der Waals surface area contributed by atoms with E-state index in [9.17, 15) is 4.79 Å². The summed E-state index contributed by atoms with van der Waals surface area (Å²) in [7, 11) is 0. The average molecular weight is 415 g/mol. The molecule has 0 saturated carbocycles. The van der Waals surface area contributed by atoms with Crippen LogP contribution in [0.3, 0.4) is 0 Å². The number of nitrogens with one attached hydrogen (secondary N) is 3. The zero-order valence-electron chi connectivity index (χ0n) is 15.3. The van der Waals surface area contributed by atoms with Crippen molar-refractivity contribution >= 4 is 45.7 Å². The highest BCUT2D eigenvalue weighted by Gasteiger charge is 2.15. The predicted octanol–water partition coefficient (Wildman–Crippen LogP) is 2.86. The molecule has 0 fully saturated rings. The van der Waals surface area contributed by atoms with Gasteiger partial charge in [0.05, 0.1) is 23.8 Å². The number of imidazole rings is 1. The molecule has 0 atom stereocenters. The van der Waals surface area contributed by atoms with Crippen LogP contribution in [0.4, 0.5) is 10.8 Å². The first-order valence-corrected chi connectivity index (χ1v) is 10.3. The Bertz CT molecular complexity index is 1100. The monoisotopic (exact) mass is 414 g/mol. The molecule has 11 heteroatoms. The second-order valence-electron chi connectivity index (χ2n) is 6.04. The fourth-order valence-electron chi connectivity index (χ4n) is 2.65. The molecule has 0 aliphatic heterocycles. The fourth-order valence-corrected chi connectivity index (χ4v) is 4.06. The van der Waals surface area contributed by atoms with Crippen LogP contribution in [0.25, 0.3) is 16.9 Å². The van der Waals surface area contributed by atoms with Gasteiger partial charge in [0.2, 0.25) is 5.91 Å². The Morgan fingerprint density at radius 3 is 3.00 bits per heavy atom. The Morgan fingerprint density at radius 1 is 1.39 bits per heavy atom. The van der Waals surface area contributed by atoms with Gasteiger partial charge in [0.1, 0.15) is 10.0 Å². The molecular weight excluding hydrogens is 396 g/mol. The molecule has 0 aliphatic rings. The third-order valence-corrected chi connectivity index (χ3v) is 5.56. The number of H-pyrrole nitrogens is 1. The van der Waals surface area contributed by atoms with Crippen LogP contribution in [0.15, 0.2) is 35.9 Å².